The van der Waals surface area contributed by atoms with Crippen LogP contribution in [0.25, 0.3) is 0 Å². The number of rotatable bonds is 5. The first-order valence-electron chi connectivity index (χ1n) is 8.54. The highest BCUT2D eigenvalue weighted by atomic mass is 35.5. The van der Waals surface area contributed by atoms with Crippen molar-refractivity contribution in [3.63, 3.8) is 0 Å². The Morgan fingerprint density at radius 3 is 2.12 bits per heavy atom. The zero-order valence-electron chi connectivity index (χ0n) is 14.7. The summed E-state index contributed by atoms with van der Waals surface area (Å²) in [7, 11) is 0. The van der Waals surface area contributed by atoms with Crippen molar-refractivity contribution in [3.8, 4) is 0 Å². The predicted molar refractivity (Wildman–Crippen MR) is 101 cm³/mol. The molecule has 0 aromatic carbocycles. The number of nitrogens with two attached hydrogens (primary N) is 1. The minimum atomic E-state index is -0.549. The minimum Gasteiger partial charge on any atom is -0.346 e. The Morgan fingerprint density at radius 1 is 1.08 bits per heavy atom. The maximum absolute atomic E-state index is 12.2. The number of amides is 2. The average Bonchev–Trinajstić information content (AvgIpc) is 3.06. The monoisotopic (exact) mass is 382 g/mol. The standard InChI is InChI=1S/C16H30N4O2.2ClH/c1-12(2)15(17)16(22)18-11-14(21)20-9-7-19(8-10-20)13-5-3-4-6-13;;/h12-13,15H,3-11,17H2,1-2H3,(H,18,22);2*1H/t15-;;/m0../s1. The largest absolute Gasteiger partial charge is 0.346 e. The summed E-state index contributed by atoms with van der Waals surface area (Å²) in [6, 6.07) is 0.174. The Hall–Kier alpha value is -0.560. The Labute approximate surface area is 157 Å². The van der Waals surface area contributed by atoms with Gasteiger partial charge in [0.25, 0.3) is 0 Å². The zero-order chi connectivity index (χ0) is 16.1. The maximum Gasteiger partial charge on any atom is 0.242 e. The van der Waals surface area contributed by atoms with Crippen LogP contribution in [0.2, 0.25) is 0 Å². The van der Waals surface area contributed by atoms with Crippen molar-refractivity contribution in [2.24, 2.45) is 11.7 Å². The molecule has 3 N–H and O–H groups in total. The van der Waals surface area contributed by atoms with E-state index in [2.05, 4.69) is 10.2 Å². The smallest absolute Gasteiger partial charge is 0.242 e. The predicted octanol–water partition coefficient (Wildman–Crippen LogP) is 1.02. The third-order valence-corrected chi connectivity index (χ3v) is 4.94. The Morgan fingerprint density at radius 2 is 1.62 bits per heavy atom. The quantitative estimate of drug-likeness (QED) is 0.743. The van der Waals surface area contributed by atoms with E-state index in [9.17, 15) is 9.59 Å². The van der Waals surface area contributed by atoms with E-state index in [4.69, 9.17) is 5.73 Å². The molecule has 2 aliphatic rings. The molecule has 0 unspecified atom stereocenters. The number of hydrogen-bond donors (Lipinski definition) is 2. The fourth-order valence-electron chi connectivity index (χ4n) is 3.30. The van der Waals surface area contributed by atoms with E-state index in [1.165, 1.54) is 25.7 Å². The van der Waals surface area contributed by atoms with Crippen LogP contribution in [0, 0.1) is 5.92 Å². The van der Waals surface area contributed by atoms with Crippen LogP contribution >= 0.6 is 24.8 Å². The molecule has 0 radical (unpaired) electrons. The fraction of sp³-hybridized carbons (Fsp3) is 0.875. The Bertz CT molecular complexity index is 396. The highest BCUT2D eigenvalue weighted by molar-refractivity contribution is 5.87. The summed E-state index contributed by atoms with van der Waals surface area (Å²) in [4.78, 5) is 28.3. The number of piperazine rings is 1. The lowest BCUT2D eigenvalue weighted by Gasteiger charge is -2.38. The maximum atomic E-state index is 12.2. The highest BCUT2D eigenvalue weighted by Gasteiger charge is 2.28. The van der Waals surface area contributed by atoms with Gasteiger partial charge in [-0.15, -0.1) is 24.8 Å². The Kier molecular flexibility index (Phi) is 10.9. The van der Waals surface area contributed by atoms with Gasteiger partial charge in [0.1, 0.15) is 0 Å². The van der Waals surface area contributed by atoms with Gasteiger partial charge >= 0.3 is 0 Å². The summed E-state index contributed by atoms with van der Waals surface area (Å²) < 4.78 is 0. The van der Waals surface area contributed by atoms with Gasteiger partial charge in [-0.05, 0) is 18.8 Å². The minimum absolute atomic E-state index is 0. The van der Waals surface area contributed by atoms with E-state index in [0.717, 1.165) is 32.2 Å². The summed E-state index contributed by atoms with van der Waals surface area (Å²) in [5.74, 6) is -0.173. The van der Waals surface area contributed by atoms with E-state index in [0.29, 0.717) is 0 Å². The van der Waals surface area contributed by atoms with Crippen molar-refractivity contribution >= 4 is 36.6 Å². The van der Waals surface area contributed by atoms with Crippen LogP contribution in [0.1, 0.15) is 39.5 Å². The molecule has 8 heteroatoms. The van der Waals surface area contributed by atoms with Gasteiger partial charge in [0.15, 0.2) is 0 Å². The molecule has 2 rings (SSSR count). The molecular formula is C16H32Cl2N4O2. The van der Waals surface area contributed by atoms with Crippen molar-refractivity contribution in [2.45, 2.75) is 51.6 Å². The normalized spacial score (nSPS) is 20.2. The molecule has 142 valence electrons. The Balaban J connectivity index is 0.00000264. The second-order valence-corrected chi connectivity index (χ2v) is 6.84. The van der Waals surface area contributed by atoms with Gasteiger partial charge in [0, 0.05) is 32.2 Å². The van der Waals surface area contributed by atoms with Crippen molar-refractivity contribution in [1.29, 1.82) is 0 Å². The molecule has 1 aliphatic heterocycles. The van der Waals surface area contributed by atoms with Crippen LogP contribution in [-0.4, -0.2) is 66.4 Å². The molecule has 1 saturated carbocycles. The third kappa shape index (κ3) is 6.39. The summed E-state index contributed by atoms with van der Waals surface area (Å²) in [6.07, 6.45) is 5.28. The van der Waals surface area contributed by atoms with Crippen molar-refractivity contribution in [2.75, 3.05) is 32.7 Å². The first-order chi connectivity index (χ1) is 10.5. The van der Waals surface area contributed by atoms with E-state index < -0.39 is 6.04 Å². The third-order valence-electron chi connectivity index (χ3n) is 4.94. The lowest BCUT2D eigenvalue weighted by Crippen LogP contribution is -2.54. The number of hydrogen-bond acceptors (Lipinski definition) is 4. The number of nitrogens with zero attached hydrogens (tertiary/aromatic N) is 2. The number of halogens is 2. The molecule has 1 aliphatic carbocycles. The summed E-state index contributed by atoms with van der Waals surface area (Å²) in [5.41, 5.74) is 5.77. The highest BCUT2D eigenvalue weighted by Crippen LogP contribution is 2.24. The van der Waals surface area contributed by atoms with Gasteiger partial charge in [-0.2, -0.15) is 0 Å². The molecule has 2 amide bonds. The molecule has 2 fully saturated rings. The van der Waals surface area contributed by atoms with Crippen molar-refractivity contribution in [1.82, 2.24) is 15.1 Å². The molecule has 1 atom stereocenters. The first-order valence-corrected chi connectivity index (χ1v) is 8.54. The lowest BCUT2D eigenvalue weighted by atomic mass is 10.1. The van der Waals surface area contributed by atoms with Crippen LogP contribution < -0.4 is 11.1 Å². The van der Waals surface area contributed by atoms with E-state index in [-0.39, 0.29) is 49.1 Å². The molecule has 1 saturated heterocycles. The zero-order valence-corrected chi connectivity index (χ0v) is 16.3. The van der Waals surface area contributed by atoms with Gasteiger partial charge in [-0.25, -0.2) is 0 Å². The van der Waals surface area contributed by atoms with Crippen LogP contribution in [0.3, 0.4) is 0 Å². The van der Waals surface area contributed by atoms with Gasteiger partial charge in [0.05, 0.1) is 12.6 Å². The molecule has 0 spiro atoms. The number of carbonyl (C=O) groups is 2. The molecule has 0 bridgehead atoms. The van der Waals surface area contributed by atoms with E-state index in [1.54, 1.807) is 0 Å². The molecule has 24 heavy (non-hydrogen) atoms. The fourth-order valence-corrected chi connectivity index (χ4v) is 3.30. The summed E-state index contributed by atoms with van der Waals surface area (Å²) in [5, 5.41) is 2.66. The van der Waals surface area contributed by atoms with Crippen LogP contribution in [0.4, 0.5) is 0 Å². The van der Waals surface area contributed by atoms with Crippen molar-refractivity contribution < 1.29 is 9.59 Å². The molecule has 1 heterocycles. The van der Waals surface area contributed by atoms with Crippen LogP contribution in [-0.2, 0) is 9.59 Å². The lowest BCUT2D eigenvalue weighted by molar-refractivity contribution is -0.135. The molecule has 6 nitrogen and oxygen atoms in total. The second-order valence-electron chi connectivity index (χ2n) is 6.84. The molecular weight excluding hydrogens is 351 g/mol. The molecule has 0 aromatic rings. The SMILES string of the molecule is CC(C)[C@H](N)C(=O)NCC(=O)N1CCN(C2CCCC2)CC1.Cl.Cl. The van der Waals surface area contributed by atoms with Crippen LogP contribution in [0.15, 0.2) is 0 Å². The summed E-state index contributed by atoms with van der Waals surface area (Å²) >= 11 is 0. The second kappa shape index (κ2) is 11.1. The van der Waals surface area contributed by atoms with Gasteiger partial charge in [-0.1, -0.05) is 26.7 Å². The topological polar surface area (TPSA) is 78.7 Å². The van der Waals surface area contributed by atoms with E-state index >= 15 is 0 Å². The summed E-state index contributed by atoms with van der Waals surface area (Å²) in [6.45, 7) is 7.29. The van der Waals surface area contributed by atoms with Gasteiger partial charge in [-0.3, -0.25) is 14.5 Å². The first kappa shape index (κ1) is 23.4. The number of carbonyl (C=O) groups excluding carboxylic acids is 2. The average molecular weight is 383 g/mol. The number of nitrogens with one attached hydrogen (secondary N) is 1. The van der Waals surface area contributed by atoms with Gasteiger partial charge in [0.2, 0.25) is 11.8 Å². The van der Waals surface area contributed by atoms with E-state index in [1.807, 2.05) is 18.7 Å². The van der Waals surface area contributed by atoms with Crippen molar-refractivity contribution in [3.05, 3.63) is 0 Å². The molecule has 0 aromatic heterocycles. The van der Waals surface area contributed by atoms with Crippen LogP contribution in [0.5, 0.6) is 0 Å². The van der Waals surface area contributed by atoms with Gasteiger partial charge < -0.3 is 16.0 Å².